The van der Waals surface area contributed by atoms with Crippen molar-refractivity contribution in [3.05, 3.63) is 60.1 Å². The lowest BCUT2D eigenvalue weighted by Crippen LogP contribution is -2.36. The molecule has 2 heterocycles. The van der Waals surface area contributed by atoms with Gasteiger partial charge in [0.05, 0.1) is 37.8 Å². The summed E-state index contributed by atoms with van der Waals surface area (Å²) in [6.07, 6.45) is 3.70. The van der Waals surface area contributed by atoms with Crippen LogP contribution in [0.25, 0.3) is 5.69 Å². The van der Waals surface area contributed by atoms with Gasteiger partial charge < -0.3 is 19.8 Å². The van der Waals surface area contributed by atoms with Gasteiger partial charge in [-0.25, -0.2) is 9.67 Å². The first-order valence-corrected chi connectivity index (χ1v) is 9.47. The number of nitrogens with zero attached hydrogens (tertiary/aromatic N) is 4. The Kier molecular flexibility index (Phi) is 6.21. The molecule has 2 aromatic heterocycles. The molecule has 0 atom stereocenters. The Morgan fingerprint density at radius 1 is 1.14 bits per heavy atom. The second-order valence-corrected chi connectivity index (χ2v) is 7.60. The molecular formula is C21H28N6O2. The number of guanidine groups is 1. The van der Waals surface area contributed by atoms with Crippen LogP contribution in [0.1, 0.15) is 38.1 Å². The second-order valence-electron chi connectivity index (χ2n) is 7.60. The average Bonchev–Trinajstić information content (AvgIpc) is 3.38. The summed E-state index contributed by atoms with van der Waals surface area (Å²) in [7, 11) is 3.38. The molecule has 0 radical (unpaired) electrons. The summed E-state index contributed by atoms with van der Waals surface area (Å²) in [5.74, 6) is 2.96. The first-order chi connectivity index (χ1) is 13.9. The van der Waals surface area contributed by atoms with Gasteiger partial charge in [0.1, 0.15) is 11.5 Å². The minimum Gasteiger partial charge on any atom is -0.497 e. The predicted molar refractivity (Wildman–Crippen MR) is 112 cm³/mol. The maximum absolute atomic E-state index is 5.79. The highest BCUT2D eigenvalue weighted by molar-refractivity contribution is 5.79. The van der Waals surface area contributed by atoms with Gasteiger partial charge in [0.2, 0.25) is 5.89 Å². The van der Waals surface area contributed by atoms with E-state index in [1.807, 2.05) is 41.2 Å². The van der Waals surface area contributed by atoms with E-state index in [-0.39, 0.29) is 5.41 Å². The zero-order chi connectivity index (χ0) is 20.9. The van der Waals surface area contributed by atoms with Crippen molar-refractivity contribution in [1.29, 1.82) is 0 Å². The molecule has 154 valence electrons. The molecule has 0 saturated heterocycles. The summed E-state index contributed by atoms with van der Waals surface area (Å²) in [6, 6.07) is 9.72. The Morgan fingerprint density at radius 2 is 1.86 bits per heavy atom. The van der Waals surface area contributed by atoms with Crippen LogP contribution < -0.4 is 15.4 Å². The molecule has 2 N–H and O–H groups in total. The largest absolute Gasteiger partial charge is 0.497 e. The highest BCUT2D eigenvalue weighted by Gasteiger charge is 2.19. The lowest BCUT2D eigenvalue weighted by molar-refractivity contribution is 0.379. The Bertz CT molecular complexity index is 950. The lowest BCUT2D eigenvalue weighted by atomic mass is 9.94. The molecule has 3 aromatic rings. The predicted octanol–water partition coefficient (Wildman–Crippen LogP) is 3.03. The molecule has 0 fully saturated rings. The van der Waals surface area contributed by atoms with E-state index in [1.54, 1.807) is 20.4 Å². The van der Waals surface area contributed by atoms with Crippen LogP contribution in [0.3, 0.4) is 0 Å². The monoisotopic (exact) mass is 396 g/mol. The van der Waals surface area contributed by atoms with Crippen LogP contribution in [0.5, 0.6) is 5.75 Å². The first-order valence-electron chi connectivity index (χ1n) is 9.47. The Labute approximate surface area is 171 Å². The smallest absolute Gasteiger partial charge is 0.213 e. The standard InChI is InChI=1S/C21H28N6O2/c1-21(2,3)18-13-23-19(29-18)14-25-20(22-4)24-12-15-10-11-27(26-15)16-6-8-17(28-5)9-7-16/h6-11,13H,12,14H2,1-5H3,(H2,22,24,25). The number of ether oxygens (including phenoxy) is 1. The van der Waals surface area contributed by atoms with Crippen molar-refractivity contribution in [2.45, 2.75) is 39.3 Å². The minimum absolute atomic E-state index is 0.0616. The molecule has 0 unspecified atom stereocenters. The number of aliphatic imine (C=N–C) groups is 1. The fourth-order valence-electron chi connectivity index (χ4n) is 2.63. The van der Waals surface area contributed by atoms with Crippen LogP contribution in [0.2, 0.25) is 0 Å². The van der Waals surface area contributed by atoms with Crippen molar-refractivity contribution in [2.24, 2.45) is 4.99 Å². The molecular weight excluding hydrogens is 368 g/mol. The third-order valence-corrected chi connectivity index (χ3v) is 4.34. The Hall–Kier alpha value is -3.29. The molecule has 0 aliphatic rings. The molecule has 1 aromatic carbocycles. The number of rotatable bonds is 6. The molecule has 3 rings (SSSR count). The van der Waals surface area contributed by atoms with Crippen molar-refractivity contribution in [2.75, 3.05) is 14.2 Å². The average molecular weight is 396 g/mol. The van der Waals surface area contributed by atoms with Gasteiger partial charge in [0.15, 0.2) is 5.96 Å². The van der Waals surface area contributed by atoms with E-state index in [4.69, 9.17) is 9.15 Å². The van der Waals surface area contributed by atoms with Crippen LogP contribution in [-0.4, -0.2) is 34.9 Å². The summed E-state index contributed by atoms with van der Waals surface area (Å²) in [6.45, 7) is 7.28. The van der Waals surface area contributed by atoms with Gasteiger partial charge >= 0.3 is 0 Å². The number of methoxy groups -OCH3 is 1. The Morgan fingerprint density at radius 3 is 2.48 bits per heavy atom. The summed E-state index contributed by atoms with van der Waals surface area (Å²) >= 11 is 0. The molecule has 29 heavy (non-hydrogen) atoms. The number of benzene rings is 1. The second kappa shape index (κ2) is 8.81. The molecule has 0 bridgehead atoms. The van der Waals surface area contributed by atoms with Crippen molar-refractivity contribution >= 4 is 5.96 Å². The van der Waals surface area contributed by atoms with Crippen LogP contribution in [0, 0.1) is 0 Å². The number of hydrogen-bond donors (Lipinski definition) is 2. The van der Waals surface area contributed by atoms with E-state index in [9.17, 15) is 0 Å². The molecule has 0 amide bonds. The van der Waals surface area contributed by atoms with Crippen LogP contribution in [-0.2, 0) is 18.5 Å². The van der Waals surface area contributed by atoms with Crippen LogP contribution in [0.4, 0.5) is 0 Å². The van der Waals surface area contributed by atoms with Gasteiger partial charge in [0, 0.05) is 18.7 Å². The van der Waals surface area contributed by atoms with E-state index >= 15 is 0 Å². The number of nitrogens with one attached hydrogen (secondary N) is 2. The van der Waals surface area contributed by atoms with Crippen LogP contribution in [0.15, 0.2) is 52.1 Å². The van der Waals surface area contributed by atoms with Gasteiger partial charge in [-0.05, 0) is 30.3 Å². The zero-order valence-electron chi connectivity index (χ0n) is 17.6. The van der Waals surface area contributed by atoms with Crippen LogP contribution >= 0.6 is 0 Å². The van der Waals surface area contributed by atoms with E-state index < -0.39 is 0 Å². The maximum Gasteiger partial charge on any atom is 0.213 e. The molecule has 0 aliphatic heterocycles. The Balaban J connectivity index is 1.53. The van der Waals surface area contributed by atoms with Gasteiger partial charge in [-0.2, -0.15) is 5.10 Å². The minimum atomic E-state index is -0.0616. The molecule has 0 saturated carbocycles. The van der Waals surface area contributed by atoms with E-state index in [2.05, 4.69) is 46.5 Å². The number of oxazole rings is 1. The van der Waals surface area contributed by atoms with Crippen molar-refractivity contribution in [1.82, 2.24) is 25.4 Å². The quantitative estimate of drug-likeness (QED) is 0.492. The van der Waals surface area contributed by atoms with Crippen molar-refractivity contribution < 1.29 is 9.15 Å². The summed E-state index contributed by atoms with van der Waals surface area (Å²) in [4.78, 5) is 8.55. The van der Waals surface area contributed by atoms with Crippen molar-refractivity contribution in [3.8, 4) is 11.4 Å². The normalized spacial score (nSPS) is 12.1. The van der Waals surface area contributed by atoms with Crippen molar-refractivity contribution in [3.63, 3.8) is 0 Å². The number of hydrogen-bond acceptors (Lipinski definition) is 5. The van der Waals surface area contributed by atoms with Gasteiger partial charge in [0.25, 0.3) is 0 Å². The van der Waals surface area contributed by atoms with Gasteiger partial charge in [-0.3, -0.25) is 4.99 Å². The number of aromatic nitrogens is 3. The lowest BCUT2D eigenvalue weighted by Gasteiger charge is -2.13. The zero-order valence-corrected chi connectivity index (χ0v) is 17.6. The highest BCUT2D eigenvalue weighted by atomic mass is 16.5. The van der Waals surface area contributed by atoms with E-state index in [1.165, 1.54) is 0 Å². The fourth-order valence-corrected chi connectivity index (χ4v) is 2.63. The van der Waals surface area contributed by atoms with E-state index in [0.717, 1.165) is 22.9 Å². The molecule has 8 nitrogen and oxygen atoms in total. The topological polar surface area (TPSA) is 89.5 Å². The first kappa shape index (κ1) is 20.4. The van der Waals surface area contributed by atoms with Gasteiger partial charge in [-0.1, -0.05) is 20.8 Å². The maximum atomic E-state index is 5.79. The third-order valence-electron chi connectivity index (χ3n) is 4.34. The molecule has 0 spiro atoms. The highest BCUT2D eigenvalue weighted by Crippen LogP contribution is 2.22. The summed E-state index contributed by atoms with van der Waals surface area (Å²) < 4.78 is 12.8. The SMILES string of the molecule is CN=C(NCc1ccn(-c2ccc(OC)cc2)n1)NCc1ncc(C(C)(C)C)o1. The third kappa shape index (κ3) is 5.37. The summed E-state index contributed by atoms with van der Waals surface area (Å²) in [5, 5.41) is 11.0. The molecule has 8 heteroatoms. The fraction of sp³-hybridized carbons (Fsp3) is 0.381. The van der Waals surface area contributed by atoms with Gasteiger partial charge in [-0.15, -0.1) is 0 Å². The molecule has 0 aliphatic carbocycles. The van der Waals surface area contributed by atoms with E-state index in [0.29, 0.717) is 24.9 Å². The summed E-state index contributed by atoms with van der Waals surface area (Å²) in [5.41, 5.74) is 1.81.